The van der Waals surface area contributed by atoms with Crippen LogP contribution >= 0.6 is 15.9 Å². The van der Waals surface area contributed by atoms with Gasteiger partial charge < -0.3 is 4.40 Å². The van der Waals surface area contributed by atoms with Gasteiger partial charge in [-0.2, -0.15) is 0 Å². The Balaban J connectivity index is 1.81. The summed E-state index contributed by atoms with van der Waals surface area (Å²) in [5.74, 6) is -0.252. The molecule has 6 aromatic rings. The smallest absolute Gasteiger partial charge is 0.210 e. The molecular formula is C32H20BrNO2. The molecule has 0 atom stereocenters. The van der Waals surface area contributed by atoms with E-state index in [1.54, 1.807) is 0 Å². The summed E-state index contributed by atoms with van der Waals surface area (Å²) in [4.78, 5) is 28.3. The predicted molar refractivity (Wildman–Crippen MR) is 148 cm³/mol. The summed E-state index contributed by atoms with van der Waals surface area (Å²) in [6, 6.07) is 36.1. The van der Waals surface area contributed by atoms with Crippen LogP contribution in [0.1, 0.15) is 32.0 Å². The molecule has 0 aliphatic carbocycles. The molecule has 0 amide bonds. The molecule has 0 spiro atoms. The summed E-state index contributed by atoms with van der Waals surface area (Å²) >= 11 is 3.66. The lowest BCUT2D eigenvalue weighted by Gasteiger charge is -2.08. The zero-order valence-corrected chi connectivity index (χ0v) is 20.8. The maximum Gasteiger partial charge on any atom is 0.210 e. The first-order chi connectivity index (χ1) is 17.6. The van der Waals surface area contributed by atoms with Gasteiger partial charge in [-0.1, -0.05) is 119 Å². The number of hydrogen-bond donors (Lipinski definition) is 0. The molecule has 172 valence electrons. The standard InChI is InChI=1S/C32H20BrNO2/c33-26-18-10-17-25-24(26)19-20-34-29(25)28(31(35)22-13-6-2-7-14-22)27(21-11-4-1-5-12-21)30(34)32(36)23-15-8-3-9-16-23/h1-20H. The Labute approximate surface area is 216 Å². The summed E-state index contributed by atoms with van der Waals surface area (Å²) in [7, 11) is 0. The van der Waals surface area contributed by atoms with Crippen LogP contribution in [0.15, 0.2) is 126 Å². The summed E-state index contributed by atoms with van der Waals surface area (Å²) in [5, 5.41) is 1.87. The van der Waals surface area contributed by atoms with E-state index < -0.39 is 0 Å². The normalized spacial score (nSPS) is 11.1. The van der Waals surface area contributed by atoms with Crippen LogP contribution in [0.2, 0.25) is 0 Å². The molecule has 3 nitrogen and oxygen atoms in total. The van der Waals surface area contributed by atoms with Gasteiger partial charge in [-0.15, -0.1) is 0 Å². The maximum atomic E-state index is 14.2. The third kappa shape index (κ3) is 3.58. The van der Waals surface area contributed by atoms with Gasteiger partial charge in [-0.3, -0.25) is 9.59 Å². The van der Waals surface area contributed by atoms with E-state index in [2.05, 4.69) is 15.9 Å². The fourth-order valence-corrected chi connectivity index (χ4v) is 5.35. The molecule has 0 bridgehead atoms. The van der Waals surface area contributed by atoms with Gasteiger partial charge in [0.2, 0.25) is 5.78 Å². The molecule has 6 rings (SSSR count). The minimum atomic E-state index is -0.133. The predicted octanol–water partition coefficient (Wildman–Crippen LogP) is 7.98. The number of fused-ring (bicyclic) bond motifs is 3. The summed E-state index contributed by atoms with van der Waals surface area (Å²) in [5.41, 5.74) is 4.34. The molecule has 2 aromatic heterocycles. The van der Waals surface area contributed by atoms with Crippen molar-refractivity contribution in [2.24, 2.45) is 0 Å². The van der Waals surface area contributed by atoms with Crippen LogP contribution in [0.4, 0.5) is 0 Å². The van der Waals surface area contributed by atoms with Crippen LogP contribution in [-0.2, 0) is 0 Å². The van der Waals surface area contributed by atoms with E-state index in [-0.39, 0.29) is 11.6 Å². The molecule has 0 saturated carbocycles. The average molecular weight is 530 g/mol. The van der Waals surface area contributed by atoms with Crippen molar-refractivity contribution >= 4 is 43.8 Å². The molecule has 0 radical (unpaired) electrons. The van der Waals surface area contributed by atoms with Crippen molar-refractivity contribution in [3.63, 3.8) is 0 Å². The Bertz CT molecular complexity index is 1750. The van der Waals surface area contributed by atoms with Crippen LogP contribution in [0.25, 0.3) is 27.4 Å². The monoisotopic (exact) mass is 529 g/mol. The number of hydrogen-bond acceptors (Lipinski definition) is 2. The van der Waals surface area contributed by atoms with Crippen molar-refractivity contribution in [3.8, 4) is 11.1 Å². The van der Waals surface area contributed by atoms with E-state index in [4.69, 9.17) is 0 Å². The first kappa shape index (κ1) is 22.2. The van der Waals surface area contributed by atoms with Crippen LogP contribution in [0.5, 0.6) is 0 Å². The third-order valence-electron chi connectivity index (χ3n) is 6.48. The SMILES string of the molecule is O=C(c1ccccc1)c1c(-c2ccccc2)c(C(=O)c2ccccc2)n2ccc3c(Br)cccc3c12. The minimum absolute atomic E-state index is 0.119. The van der Waals surface area contributed by atoms with E-state index in [1.165, 1.54) is 0 Å². The molecule has 4 aromatic carbocycles. The van der Waals surface area contributed by atoms with Gasteiger partial charge in [0.05, 0.1) is 11.1 Å². The molecule has 2 heterocycles. The minimum Gasteiger partial charge on any atom is -0.312 e. The number of pyridine rings is 1. The number of benzene rings is 4. The van der Waals surface area contributed by atoms with Gasteiger partial charge in [-0.05, 0) is 23.1 Å². The lowest BCUT2D eigenvalue weighted by Crippen LogP contribution is -2.07. The molecular weight excluding hydrogens is 510 g/mol. The quantitative estimate of drug-likeness (QED) is 0.212. The van der Waals surface area contributed by atoms with Gasteiger partial charge in [0.25, 0.3) is 0 Å². The second-order valence-electron chi connectivity index (χ2n) is 8.59. The zero-order valence-electron chi connectivity index (χ0n) is 19.2. The van der Waals surface area contributed by atoms with Gasteiger partial charge in [0.1, 0.15) is 5.69 Å². The number of aromatic nitrogens is 1. The first-order valence-electron chi connectivity index (χ1n) is 11.7. The van der Waals surface area contributed by atoms with Crippen LogP contribution in [0.3, 0.4) is 0 Å². The Morgan fingerprint density at radius 2 is 1.17 bits per heavy atom. The highest BCUT2D eigenvalue weighted by molar-refractivity contribution is 9.10. The number of nitrogens with zero attached hydrogens (tertiary/aromatic N) is 1. The van der Waals surface area contributed by atoms with Crippen molar-refractivity contribution in [2.75, 3.05) is 0 Å². The molecule has 0 saturated heterocycles. The summed E-state index contributed by atoms with van der Waals surface area (Å²) in [6.45, 7) is 0. The van der Waals surface area contributed by atoms with Gasteiger partial charge >= 0.3 is 0 Å². The van der Waals surface area contributed by atoms with Crippen LogP contribution in [0, 0.1) is 0 Å². The molecule has 0 N–H and O–H groups in total. The van der Waals surface area contributed by atoms with Crippen LogP contribution in [-0.4, -0.2) is 16.0 Å². The van der Waals surface area contributed by atoms with E-state index in [0.717, 1.165) is 26.3 Å². The molecule has 0 aliphatic heterocycles. The second-order valence-corrected chi connectivity index (χ2v) is 9.44. The Hall–Kier alpha value is -4.28. The zero-order chi connectivity index (χ0) is 24.6. The highest BCUT2D eigenvalue weighted by Crippen LogP contribution is 2.40. The fourth-order valence-electron chi connectivity index (χ4n) is 4.85. The molecule has 36 heavy (non-hydrogen) atoms. The van der Waals surface area contributed by atoms with Gasteiger partial charge in [-0.25, -0.2) is 0 Å². The number of rotatable bonds is 5. The number of carbonyl (C=O) groups excluding carboxylic acids is 2. The van der Waals surface area contributed by atoms with Gasteiger partial charge in [0, 0.05) is 32.7 Å². The number of ketones is 2. The van der Waals surface area contributed by atoms with Crippen molar-refractivity contribution in [3.05, 3.63) is 148 Å². The highest BCUT2D eigenvalue weighted by Gasteiger charge is 2.30. The Morgan fingerprint density at radius 3 is 1.81 bits per heavy atom. The van der Waals surface area contributed by atoms with Crippen molar-refractivity contribution in [1.29, 1.82) is 0 Å². The Kier molecular flexibility index (Phi) is 5.59. The fraction of sp³-hybridized carbons (Fsp3) is 0. The van der Waals surface area contributed by atoms with E-state index in [1.807, 2.05) is 126 Å². The summed E-state index contributed by atoms with van der Waals surface area (Å²) < 4.78 is 2.82. The van der Waals surface area contributed by atoms with Crippen molar-refractivity contribution in [2.45, 2.75) is 0 Å². The van der Waals surface area contributed by atoms with Gasteiger partial charge in [0.15, 0.2) is 5.78 Å². The second kappa shape index (κ2) is 9.06. The highest BCUT2D eigenvalue weighted by atomic mass is 79.9. The van der Waals surface area contributed by atoms with Crippen molar-refractivity contribution in [1.82, 2.24) is 4.40 Å². The largest absolute Gasteiger partial charge is 0.312 e. The molecule has 0 unspecified atom stereocenters. The third-order valence-corrected chi connectivity index (χ3v) is 7.17. The molecule has 4 heteroatoms. The average Bonchev–Trinajstić information content (AvgIpc) is 3.29. The lowest BCUT2D eigenvalue weighted by atomic mass is 9.92. The number of carbonyl (C=O) groups is 2. The molecule has 0 fully saturated rings. The maximum absolute atomic E-state index is 14.2. The van der Waals surface area contributed by atoms with E-state index in [9.17, 15) is 9.59 Å². The first-order valence-corrected chi connectivity index (χ1v) is 12.4. The summed E-state index contributed by atoms with van der Waals surface area (Å²) in [6.07, 6.45) is 1.90. The Morgan fingerprint density at radius 1 is 0.583 bits per heavy atom. The van der Waals surface area contributed by atoms with E-state index in [0.29, 0.717) is 27.9 Å². The number of halogens is 1. The lowest BCUT2D eigenvalue weighted by molar-refractivity contribution is 0.103. The van der Waals surface area contributed by atoms with E-state index >= 15 is 0 Å². The van der Waals surface area contributed by atoms with Crippen molar-refractivity contribution < 1.29 is 9.59 Å². The molecule has 0 aliphatic rings. The topological polar surface area (TPSA) is 38.5 Å². The van der Waals surface area contributed by atoms with Crippen LogP contribution < -0.4 is 0 Å².